The number of aromatic nitrogens is 3. The summed E-state index contributed by atoms with van der Waals surface area (Å²) in [5.74, 6) is 1.42. The normalized spacial score (nSPS) is 15.4. The highest BCUT2D eigenvalue weighted by molar-refractivity contribution is 7.15. The third-order valence-corrected chi connectivity index (χ3v) is 5.94. The maximum atomic E-state index is 12.6. The molecule has 0 atom stereocenters. The van der Waals surface area contributed by atoms with Crippen LogP contribution in [0.5, 0.6) is 0 Å². The first kappa shape index (κ1) is 17.2. The molecule has 1 aromatic carbocycles. The lowest BCUT2D eigenvalue weighted by Gasteiger charge is -2.20. The maximum Gasteiger partial charge on any atom is 0.246 e. The molecule has 2 aromatic heterocycles. The molecule has 1 fully saturated rings. The average Bonchev–Trinajstić information content (AvgIpc) is 3.27. The van der Waals surface area contributed by atoms with E-state index < -0.39 is 0 Å². The molecule has 1 amide bonds. The smallest absolute Gasteiger partial charge is 0.246 e. The van der Waals surface area contributed by atoms with Gasteiger partial charge in [0.1, 0.15) is 12.4 Å². The highest BCUT2D eigenvalue weighted by atomic mass is 32.1. The Bertz CT molecular complexity index is 910. The van der Waals surface area contributed by atoms with E-state index in [-0.39, 0.29) is 12.5 Å². The van der Waals surface area contributed by atoms with Gasteiger partial charge in [0.15, 0.2) is 5.13 Å². The van der Waals surface area contributed by atoms with Gasteiger partial charge in [0.25, 0.3) is 0 Å². The monoisotopic (exact) mass is 369 g/mol. The van der Waals surface area contributed by atoms with Gasteiger partial charge in [-0.05, 0) is 44.0 Å². The van der Waals surface area contributed by atoms with Gasteiger partial charge < -0.3 is 15.2 Å². The van der Waals surface area contributed by atoms with Crippen LogP contribution in [-0.2, 0) is 17.8 Å². The highest BCUT2D eigenvalue weighted by Gasteiger charge is 2.19. The van der Waals surface area contributed by atoms with Crippen molar-refractivity contribution in [3.63, 3.8) is 0 Å². The molecule has 3 aromatic rings. The number of fused-ring (bicyclic) bond motifs is 1. The van der Waals surface area contributed by atoms with Gasteiger partial charge in [0.05, 0.1) is 11.0 Å². The lowest BCUT2D eigenvalue weighted by Crippen LogP contribution is -2.26. The fourth-order valence-electron chi connectivity index (χ4n) is 3.51. The van der Waals surface area contributed by atoms with Gasteiger partial charge in [-0.3, -0.25) is 4.79 Å². The van der Waals surface area contributed by atoms with Gasteiger partial charge in [-0.2, -0.15) is 0 Å². The summed E-state index contributed by atoms with van der Waals surface area (Å²) in [6, 6.07) is 7.93. The number of imidazole rings is 1. The molecule has 0 spiro atoms. The molecule has 3 heterocycles. The van der Waals surface area contributed by atoms with Crippen LogP contribution >= 0.6 is 11.3 Å². The Morgan fingerprint density at radius 1 is 1.35 bits per heavy atom. The van der Waals surface area contributed by atoms with Gasteiger partial charge in [-0.15, -0.1) is 11.3 Å². The molecule has 1 saturated heterocycles. The maximum absolute atomic E-state index is 12.6. The second-order valence-corrected chi connectivity index (χ2v) is 7.66. The minimum absolute atomic E-state index is 0.0611. The second-order valence-electron chi connectivity index (χ2n) is 6.60. The quantitative estimate of drug-likeness (QED) is 0.725. The van der Waals surface area contributed by atoms with E-state index >= 15 is 0 Å². The first-order valence-electron chi connectivity index (χ1n) is 9.15. The molecule has 2 N–H and O–H groups in total. The van der Waals surface area contributed by atoms with Crippen molar-refractivity contribution in [2.24, 2.45) is 0 Å². The third kappa shape index (κ3) is 3.50. The fourth-order valence-corrected chi connectivity index (χ4v) is 4.52. The number of nitrogens with zero attached hydrogens (tertiary/aromatic N) is 3. The molecule has 0 radical (unpaired) electrons. The van der Waals surface area contributed by atoms with Gasteiger partial charge >= 0.3 is 0 Å². The number of benzene rings is 1. The van der Waals surface area contributed by atoms with Gasteiger partial charge in [0.2, 0.25) is 5.91 Å². The highest BCUT2D eigenvalue weighted by Crippen LogP contribution is 2.31. The van der Waals surface area contributed by atoms with E-state index in [2.05, 4.69) is 27.5 Å². The summed E-state index contributed by atoms with van der Waals surface area (Å²) in [6.07, 6.45) is 4.98. The molecule has 7 heteroatoms. The Balaban J connectivity index is 1.47. The van der Waals surface area contributed by atoms with Crippen molar-refractivity contribution in [3.8, 4) is 0 Å². The lowest BCUT2D eigenvalue weighted by molar-refractivity contribution is -0.116. The van der Waals surface area contributed by atoms with Crippen LogP contribution in [0.3, 0.4) is 0 Å². The number of nitrogens with one attached hydrogen (secondary N) is 2. The second kappa shape index (κ2) is 7.55. The lowest BCUT2D eigenvalue weighted by atomic mass is 9.97. The SMILES string of the molecule is CCc1nc2ccccc2n1CC(=O)Nc1ncc(C2CCNCC2)s1. The summed E-state index contributed by atoms with van der Waals surface area (Å²) in [7, 11) is 0. The molecule has 4 rings (SSSR count). The minimum atomic E-state index is -0.0611. The fraction of sp³-hybridized carbons (Fsp3) is 0.421. The molecule has 1 aliphatic rings. The van der Waals surface area contributed by atoms with E-state index in [4.69, 9.17) is 0 Å². The van der Waals surface area contributed by atoms with E-state index in [0.29, 0.717) is 11.0 Å². The van der Waals surface area contributed by atoms with E-state index in [1.54, 1.807) is 11.3 Å². The van der Waals surface area contributed by atoms with Crippen LogP contribution in [0, 0.1) is 0 Å². The molecular formula is C19H23N5OS. The standard InChI is InChI=1S/C19H23N5OS/c1-2-17-22-14-5-3-4-6-15(14)24(17)12-18(25)23-19-21-11-16(26-19)13-7-9-20-10-8-13/h3-6,11,13,20H,2,7-10,12H2,1H3,(H,21,23,25). The third-order valence-electron chi connectivity index (χ3n) is 4.86. The van der Waals surface area contributed by atoms with Crippen LogP contribution in [0.25, 0.3) is 11.0 Å². The average molecular weight is 369 g/mol. The van der Waals surface area contributed by atoms with Crippen molar-refractivity contribution < 1.29 is 4.79 Å². The van der Waals surface area contributed by atoms with Crippen LogP contribution in [0.1, 0.15) is 36.4 Å². The van der Waals surface area contributed by atoms with E-state index in [0.717, 1.165) is 49.2 Å². The molecular weight excluding hydrogens is 346 g/mol. The number of piperidine rings is 1. The number of hydrogen-bond acceptors (Lipinski definition) is 5. The number of rotatable bonds is 5. The van der Waals surface area contributed by atoms with Crippen molar-refractivity contribution in [1.82, 2.24) is 19.9 Å². The Labute approximate surface area is 156 Å². The first-order valence-corrected chi connectivity index (χ1v) is 9.96. The summed E-state index contributed by atoms with van der Waals surface area (Å²) < 4.78 is 1.99. The number of hydrogen-bond donors (Lipinski definition) is 2. The molecule has 1 aliphatic heterocycles. The Hall–Kier alpha value is -2.25. The molecule has 26 heavy (non-hydrogen) atoms. The van der Waals surface area contributed by atoms with Crippen LogP contribution in [0.2, 0.25) is 0 Å². The van der Waals surface area contributed by atoms with Crippen molar-refractivity contribution in [2.75, 3.05) is 18.4 Å². The van der Waals surface area contributed by atoms with Crippen molar-refractivity contribution in [1.29, 1.82) is 0 Å². The molecule has 6 nitrogen and oxygen atoms in total. The Morgan fingerprint density at radius 2 is 2.15 bits per heavy atom. The van der Waals surface area contributed by atoms with Crippen molar-refractivity contribution in [3.05, 3.63) is 41.2 Å². The predicted molar refractivity (Wildman–Crippen MR) is 105 cm³/mol. The zero-order chi connectivity index (χ0) is 17.9. The van der Waals surface area contributed by atoms with Crippen molar-refractivity contribution >= 4 is 33.4 Å². The number of para-hydroxylation sites is 2. The van der Waals surface area contributed by atoms with Crippen LogP contribution in [-0.4, -0.2) is 33.5 Å². The Morgan fingerprint density at radius 3 is 2.96 bits per heavy atom. The number of carbonyl (C=O) groups excluding carboxylic acids is 1. The number of amides is 1. The zero-order valence-electron chi connectivity index (χ0n) is 14.9. The molecule has 0 saturated carbocycles. The van der Waals surface area contributed by atoms with Crippen molar-refractivity contribution in [2.45, 2.75) is 38.6 Å². The summed E-state index contributed by atoms with van der Waals surface area (Å²) in [5.41, 5.74) is 1.92. The van der Waals surface area contributed by atoms with E-state index in [1.165, 1.54) is 4.88 Å². The number of aryl methyl sites for hydroxylation is 1. The van der Waals surface area contributed by atoms with Gasteiger partial charge in [-0.25, -0.2) is 9.97 Å². The first-order chi connectivity index (χ1) is 12.7. The summed E-state index contributed by atoms with van der Waals surface area (Å²) >= 11 is 1.60. The van der Waals surface area contributed by atoms with E-state index in [1.807, 2.05) is 35.0 Å². The summed E-state index contributed by atoms with van der Waals surface area (Å²) in [4.78, 5) is 22.9. The topological polar surface area (TPSA) is 71.8 Å². The van der Waals surface area contributed by atoms with E-state index in [9.17, 15) is 4.79 Å². The number of carbonyl (C=O) groups is 1. The van der Waals surface area contributed by atoms with Crippen LogP contribution in [0.4, 0.5) is 5.13 Å². The molecule has 0 unspecified atom stereocenters. The Kier molecular flexibility index (Phi) is 4.99. The van der Waals surface area contributed by atoms with Crippen LogP contribution in [0.15, 0.2) is 30.5 Å². The predicted octanol–water partition coefficient (Wildman–Crippen LogP) is 3.16. The minimum Gasteiger partial charge on any atom is -0.318 e. The molecule has 136 valence electrons. The van der Waals surface area contributed by atoms with Gasteiger partial charge in [0, 0.05) is 17.5 Å². The van der Waals surface area contributed by atoms with Gasteiger partial charge in [-0.1, -0.05) is 19.1 Å². The molecule has 0 bridgehead atoms. The summed E-state index contributed by atoms with van der Waals surface area (Å²) in [5, 5.41) is 7.03. The van der Waals surface area contributed by atoms with Crippen LogP contribution < -0.4 is 10.6 Å². The number of thiazole rings is 1. The number of anilines is 1. The molecule has 0 aliphatic carbocycles. The largest absolute Gasteiger partial charge is 0.318 e. The summed E-state index contributed by atoms with van der Waals surface area (Å²) in [6.45, 7) is 4.42. The zero-order valence-corrected chi connectivity index (χ0v) is 15.7.